The lowest BCUT2D eigenvalue weighted by molar-refractivity contribution is 0.0954. The molecule has 4 aromatic rings. The predicted octanol–water partition coefficient (Wildman–Crippen LogP) is 4.89. The molecule has 0 saturated heterocycles. The highest BCUT2D eigenvalue weighted by Gasteiger charge is 2.18. The van der Waals surface area contributed by atoms with Crippen LogP contribution in [0.5, 0.6) is 0 Å². The smallest absolute Gasteiger partial charge is 0.259 e. The van der Waals surface area contributed by atoms with Crippen molar-refractivity contribution in [2.45, 2.75) is 13.3 Å². The van der Waals surface area contributed by atoms with E-state index < -0.39 is 0 Å². The Morgan fingerprint density at radius 1 is 1.14 bits per heavy atom. The van der Waals surface area contributed by atoms with E-state index in [1.54, 1.807) is 41.7 Å². The highest BCUT2D eigenvalue weighted by atomic mass is 32.1. The number of rotatable bonds is 6. The van der Waals surface area contributed by atoms with Crippen molar-refractivity contribution in [2.75, 3.05) is 6.54 Å². The van der Waals surface area contributed by atoms with E-state index in [4.69, 9.17) is 4.52 Å². The van der Waals surface area contributed by atoms with Gasteiger partial charge in [0.15, 0.2) is 0 Å². The molecule has 7 heteroatoms. The molecule has 2 aromatic heterocycles. The van der Waals surface area contributed by atoms with Gasteiger partial charge in [-0.1, -0.05) is 17.3 Å². The van der Waals surface area contributed by atoms with Crippen molar-refractivity contribution in [2.24, 2.45) is 0 Å². The molecule has 0 bridgehead atoms. The lowest BCUT2D eigenvalue weighted by atomic mass is 10.1. The van der Waals surface area contributed by atoms with Crippen molar-refractivity contribution in [3.05, 3.63) is 81.8 Å². The summed E-state index contributed by atoms with van der Waals surface area (Å²) in [5.74, 6) is 0.0427. The molecular formula is C22H18FN3O2S. The zero-order valence-electron chi connectivity index (χ0n) is 15.7. The number of nitrogens with zero attached hydrogens (tertiary/aromatic N) is 2. The Labute approximate surface area is 171 Å². The fourth-order valence-corrected chi connectivity index (χ4v) is 3.87. The van der Waals surface area contributed by atoms with Crippen LogP contribution in [0.4, 0.5) is 4.39 Å². The van der Waals surface area contributed by atoms with Crippen molar-refractivity contribution in [3.63, 3.8) is 0 Å². The number of halogens is 1. The number of amides is 1. The van der Waals surface area contributed by atoms with E-state index in [0.29, 0.717) is 29.1 Å². The van der Waals surface area contributed by atoms with Crippen LogP contribution in [-0.2, 0) is 6.42 Å². The van der Waals surface area contributed by atoms with Gasteiger partial charge >= 0.3 is 0 Å². The van der Waals surface area contributed by atoms with Crippen LogP contribution in [0.15, 0.2) is 64.5 Å². The van der Waals surface area contributed by atoms with Gasteiger partial charge in [-0.25, -0.2) is 4.39 Å². The molecule has 0 aliphatic heterocycles. The van der Waals surface area contributed by atoms with Crippen LogP contribution in [0, 0.1) is 12.7 Å². The molecule has 146 valence electrons. The van der Waals surface area contributed by atoms with Gasteiger partial charge in [-0.3, -0.25) is 4.79 Å². The van der Waals surface area contributed by atoms with Gasteiger partial charge in [0.25, 0.3) is 11.8 Å². The maximum Gasteiger partial charge on any atom is 0.259 e. The minimum Gasteiger partial charge on any atom is -0.352 e. The Hall–Kier alpha value is -3.32. The van der Waals surface area contributed by atoms with E-state index in [-0.39, 0.29) is 17.6 Å². The fraction of sp³-hybridized carbons (Fsp3) is 0.136. The molecule has 0 atom stereocenters. The summed E-state index contributed by atoms with van der Waals surface area (Å²) in [4.78, 5) is 18.4. The highest BCUT2D eigenvalue weighted by molar-refractivity contribution is 7.10. The molecule has 1 amide bonds. The second kappa shape index (κ2) is 8.36. The molecule has 0 spiro atoms. The third-order valence-corrected chi connectivity index (χ3v) is 5.62. The normalized spacial score (nSPS) is 10.8. The number of hydrogen-bond acceptors (Lipinski definition) is 5. The van der Waals surface area contributed by atoms with Gasteiger partial charge in [0, 0.05) is 17.0 Å². The SMILES string of the molecule is Cc1ccsc1CCNC(=O)c1ccccc1-c1nc(-c2ccc(F)cc2)no1. The average Bonchev–Trinajstić information content (AvgIpc) is 3.38. The summed E-state index contributed by atoms with van der Waals surface area (Å²) in [6.45, 7) is 2.61. The Kier molecular flexibility index (Phi) is 5.48. The largest absolute Gasteiger partial charge is 0.352 e. The summed E-state index contributed by atoms with van der Waals surface area (Å²) >= 11 is 1.69. The van der Waals surface area contributed by atoms with Crippen molar-refractivity contribution in [3.8, 4) is 22.8 Å². The van der Waals surface area contributed by atoms with Gasteiger partial charge in [0.1, 0.15) is 5.82 Å². The number of carbonyl (C=O) groups excluding carboxylic acids is 1. The molecule has 0 fully saturated rings. The summed E-state index contributed by atoms with van der Waals surface area (Å²) in [5.41, 5.74) is 2.89. The van der Waals surface area contributed by atoms with Gasteiger partial charge in [0.2, 0.25) is 5.82 Å². The van der Waals surface area contributed by atoms with Crippen LogP contribution in [0.2, 0.25) is 0 Å². The monoisotopic (exact) mass is 407 g/mol. The van der Waals surface area contributed by atoms with E-state index in [0.717, 1.165) is 6.42 Å². The second-order valence-electron chi connectivity index (χ2n) is 6.51. The molecular weight excluding hydrogens is 389 g/mol. The summed E-state index contributed by atoms with van der Waals surface area (Å²) in [7, 11) is 0. The molecule has 2 aromatic carbocycles. The maximum atomic E-state index is 13.1. The molecule has 0 saturated carbocycles. The quantitative estimate of drug-likeness (QED) is 0.494. The van der Waals surface area contributed by atoms with E-state index in [1.807, 2.05) is 6.07 Å². The van der Waals surface area contributed by atoms with Crippen LogP contribution < -0.4 is 5.32 Å². The highest BCUT2D eigenvalue weighted by Crippen LogP contribution is 2.25. The standard InChI is InChI=1S/C22H18FN3O2S/c1-14-11-13-29-19(14)10-12-24-21(27)17-4-2-3-5-18(17)22-25-20(26-28-22)15-6-8-16(23)9-7-15/h2-9,11,13H,10,12H2,1H3,(H,24,27). The number of benzene rings is 2. The van der Waals surface area contributed by atoms with Gasteiger partial charge in [-0.15, -0.1) is 11.3 Å². The van der Waals surface area contributed by atoms with Crippen molar-refractivity contribution < 1.29 is 13.7 Å². The van der Waals surface area contributed by atoms with Crippen LogP contribution in [-0.4, -0.2) is 22.6 Å². The minimum absolute atomic E-state index is 0.198. The van der Waals surface area contributed by atoms with E-state index >= 15 is 0 Å². The molecule has 29 heavy (non-hydrogen) atoms. The summed E-state index contributed by atoms with van der Waals surface area (Å²) in [6.07, 6.45) is 0.784. The van der Waals surface area contributed by atoms with Crippen LogP contribution in [0.3, 0.4) is 0 Å². The summed E-state index contributed by atoms with van der Waals surface area (Å²) < 4.78 is 18.5. The van der Waals surface area contributed by atoms with Gasteiger partial charge in [0.05, 0.1) is 11.1 Å². The molecule has 0 aliphatic rings. The average molecular weight is 407 g/mol. The molecule has 1 N–H and O–H groups in total. The Morgan fingerprint density at radius 3 is 2.69 bits per heavy atom. The number of aryl methyl sites for hydroxylation is 1. The number of carbonyl (C=O) groups is 1. The van der Waals surface area contributed by atoms with E-state index in [9.17, 15) is 9.18 Å². The number of hydrogen-bond donors (Lipinski definition) is 1. The summed E-state index contributed by atoms with van der Waals surface area (Å²) in [6, 6.07) is 15.0. The van der Waals surface area contributed by atoms with E-state index in [1.165, 1.54) is 22.6 Å². The first-order chi connectivity index (χ1) is 14.1. The third kappa shape index (κ3) is 4.25. The molecule has 5 nitrogen and oxygen atoms in total. The Bertz CT molecular complexity index is 1130. The molecule has 0 unspecified atom stereocenters. The van der Waals surface area contributed by atoms with Crippen LogP contribution in [0.1, 0.15) is 20.8 Å². The lowest BCUT2D eigenvalue weighted by Crippen LogP contribution is -2.26. The lowest BCUT2D eigenvalue weighted by Gasteiger charge is -2.07. The van der Waals surface area contributed by atoms with Crippen molar-refractivity contribution in [1.82, 2.24) is 15.5 Å². The van der Waals surface area contributed by atoms with Gasteiger partial charge in [-0.05, 0) is 66.8 Å². The number of nitrogens with one attached hydrogen (secondary N) is 1. The first-order valence-corrected chi connectivity index (χ1v) is 10.00. The predicted molar refractivity (Wildman–Crippen MR) is 110 cm³/mol. The zero-order chi connectivity index (χ0) is 20.2. The number of thiophene rings is 1. The molecule has 0 radical (unpaired) electrons. The van der Waals surface area contributed by atoms with Gasteiger partial charge < -0.3 is 9.84 Å². The van der Waals surface area contributed by atoms with Crippen LogP contribution >= 0.6 is 11.3 Å². The fourth-order valence-electron chi connectivity index (χ4n) is 2.96. The topological polar surface area (TPSA) is 68.0 Å². The van der Waals surface area contributed by atoms with Crippen molar-refractivity contribution in [1.29, 1.82) is 0 Å². The van der Waals surface area contributed by atoms with E-state index in [2.05, 4.69) is 33.8 Å². The second-order valence-corrected chi connectivity index (χ2v) is 7.51. The minimum atomic E-state index is -0.336. The third-order valence-electron chi connectivity index (χ3n) is 4.54. The van der Waals surface area contributed by atoms with Crippen molar-refractivity contribution >= 4 is 17.2 Å². The number of aromatic nitrogens is 2. The molecule has 4 rings (SSSR count). The maximum absolute atomic E-state index is 13.1. The Morgan fingerprint density at radius 2 is 1.93 bits per heavy atom. The zero-order valence-corrected chi connectivity index (χ0v) is 16.5. The Balaban J connectivity index is 1.51. The van der Waals surface area contributed by atoms with Crippen LogP contribution in [0.25, 0.3) is 22.8 Å². The molecule has 2 heterocycles. The molecule has 0 aliphatic carbocycles. The van der Waals surface area contributed by atoms with Gasteiger partial charge in [-0.2, -0.15) is 4.98 Å². The first kappa shape index (κ1) is 19.0. The summed E-state index contributed by atoms with van der Waals surface area (Å²) in [5, 5.41) is 8.97. The first-order valence-electron chi connectivity index (χ1n) is 9.12.